The van der Waals surface area contributed by atoms with E-state index >= 15 is 0 Å². The van der Waals surface area contributed by atoms with Crippen LogP contribution in [0.15, 0.2) is 30.5 Å². The summed E-state index contributed by atoms with van der Waals surface area (Å²) in [5.74, 6) is -5.87. The highest BCUT2D eigenvalue weighted by Gasteiger charge is 2.40. The molecule has 9 atom stereocenters. The highest BCUT2D eigenvalue weighted by atomic mass is 19.4. The number of halogens is 6. The number of hydrogen-bond acceptors (Lipinski definition) is 19. The second-order valence-electron chi connectivity index (χ2n) is 15.8. The molecule has 1 unspecified atom stereocenters. The number of carboxylic acids is 2. The summed E-state index contributed by atoms with van der Waals surface area (Å²) in [6.07, 6.45) is -23.1. The van der Waals surface area contributed by atoms with Crippen molar-refractivity contribution in [3.8, 4) is 0 Å². The maximum atomic E-state index is 14.0. The van der Waals surface area contributed by atoms with Crippen molar-refractivity contribution in [3.63, 3.8) is 0 Å². The number of aliphatic carboxylic acids is 2. The van der Waals surface area contributed by atoms with Crippen molar-refractivity contribution >= 4 is 51.8 Å². The lowest BCUT2D eigenvalue weighted by Crippen LogP contribution is -2.55. The third-order valence-corrected chi connectivity index (χ3v) is 11.0. The van der Waals surface area contributed by atoms with Crippen LogP contribution in [0.25, 0.3) is 22.2 Å². The van der Waals surface area contributed by atoms with Gasteiger partial charge < -0.3 is 87.0 Å². The molecule has 0 bridgehead atoms. The number of amides is 2. The Morgan fingerprint density at radius 1 is 0.873 bits per heavy atom. The monoisotopic (exact) mass is 1030 g/mol. The van der Waals surface area contributed by atoms with Crippen LogP contribution in [-0.2, 0) is 29.2 Å². The molecule has 0 aliphatic carbocycles. The number of nitrogen functional groups attached to an aromatic ring is 1. The highest BCUT2D eigenvalue weighted by molar-refractivity contribution is 5.98. The predicted molar refractivity (Wildman–Crippen MR) is 226 cm³/mol. The number of aryl methyl sites for hydroxylation is 2. The SMILES string of the molecule is CCn1c(CNC(=O)c2nc3cc[nH]c3nc2N)[n+](CC)c2ccc(C(=O)N3CC[C@@H](N(CC(O)[C@@H](O)[C@H](O)[C@H](O)CO)C[C@H](O)[C@@H](O)[C@H](O)[C@H](O)CO)C3)cc21.O=C(O)C(F)(F)F.O=C([O-])C(F)(F)F. The van der Waals surface area contributed by atoms with Crippen LogP contribution in [-0.4, -0.2) is 216 Å². The molecule has 0 saturated carbocycles. The minimum Gasteiger partial charge on any atom is -0.542 e. The zero-order valence-electron chi connectivity index (χ0n) is 37.6. The van der Waals surface area contributed by atoms with Crippen molar-refractivity contribution in [2.45, 2.75) is 107 Å². The Morgan fingerprint density at radius 3 is 1.86 bits per heavy atom. The summed E-state index contributed by atoms with van der Waals surface area (Å²) in [4.78, 5) is 59.4. The number of carboxylic acid groups (broad SMARTS) is 2. The van der Waals surface area contributed by atoms with Gasteiger partial charge in [0.05, 0.1) is 38.5 Å². The minimum absolute atomic E-state index is 0.00720. The van der Waals surface area contributed by atoms with Gasteiger partial charge in [-0.1, -0.05) is 0 Å². The standard InChI is InChI=1S/C36H53N9O12.2C2HF3O2/c1-3-44-21-6-5-18(11-22(21)45(4-2)27(44)12-39-35(56)28-33(37)41-34-20(40-28)7-9-38-34)36(57)42-10-8-19(13-42)43(14-23(48)29(52)31(54)25(50)16-46)15-24(49)30(53)32(55)26(51)17-47;2*3-2(4,5)1(6)7/h5-7,9,11,19,23-26,29-32,46-55H,3-4,8,10,12-17H2,1-2H3,(H3-,37,38,39,40,41,56);2*(H,6,7)/t19-,23+,24?,25-,26-,29-,30-,31-,32-;;/m1../s1. The van der Waals surface area contributed by atoms with E-state index in [0.717, 1.165) is 16.9 Å². The number of aliphatic hydroxyl groups excluding tert-OH is 10. The van der Waals surface area contributed by atoms with Crippen molar-refractivity contribution in [1.82, 2.24) is 34.6 Å². The first kappa shape index (κ1) is 59.4. The Bertz CT molecular complexity index is 2370. The van der Waals surface area contributed by atoms with E-state index in [1.807, 2.05) is 29.0 Å². The number of nitrogens with two attached hydrogens (primary N) is 1. The number of benzene rings is 1. The molecule has 25 nitrogen and oxygen atoms in total. The van der Waals surface area contributed by atoms with E-state index in [4.69, 9.17) is 25.5 Å². The van der Waals surface area contributed by atoms with Crippen LogP contribution >= 0.6 is 0 Å². The lowest BCUT2D eigenvalue weighted by Gasteiger charge is -2.36. The number of nitrogens with one attached hydrogen (secondary N) is 2. The summed E-state index contributed by atoms with van der Waals surface area (Å²) in [5, 5.41) is 120. The number of aliphatic hydroxyl groups is 10. The molecular weight excluding hydrogens is 976 g/mol. The number of hydrogen-bond donors (Lipinski definition) is 14. The number of carbonyl (C=O) groups is 4. The number of H-pyrrole nitrogens is 1. The Balaban J connectivity index is 0.000000829. The summed E-state index contributed by atoms with van der Waals surface area (Å²) < 4.78 is 67.3. The molecule has 4 heterocycles. The van der Waals surface area contributed by atoms with Crippen LogP contribution in [0.4, 0.5) is 32.2 Å². The Labute approximate surface area is 397 Å². The first-order chi connectivity index (χ1) is 33.0. The van der Waals surface area contributed by atoms with Crippen LogP contribution in [0.3, 0.4) is 0 Å². The van der Waals surface area contributed by atoms with Gasteiger partial charge in [-0.15, -0.1) is 0 Å². The molecule has 0 radical (unpaired) electrons. The normalized spacial score (nSPS) is 17.6. The second-order valence-corrected chi connectivity index (χ2v) is 15.8. The van der Waals surface area contributed by atoms with Crippen molar-refractivity contribution in [1.29, 1.82) is 0 Å². The van der Waals surface area contributed by atoms with E-state index in [1.165, 1.54) is 4.90 Å². The zero-order valence-corrected chi connectivity index (χ0v) is 37.6. The molecule has 1 aromatic carbocycles. The van der Waals surface area contributed by atoms with Crippen LogP contribution in [0.5, 0.6) is 0 Å². The topological polar surface area (TPSA) is 409 Å². The number of imidazole rings is 1. The number of aromatic nitrogens is 5. The molecule has 4 aromatic rings. The van der Waals surface area contributed by atoms with Gasteiger partial charge in [0.2, 0.25) is 0 Å². The molecule has 398 valence electrons. The molecule has 1 aliphatic rings. The van der Waals surface area contributed by atoms with Crippen molar-refractivity contribution in [2.75, 3.05) is 45.1 Å². The molecule has 1 fully saturated rings. The maximum Gasteiger partial charge on any atom is 0.490 e. The van der Waals surface area contributed by atoms with Crippen molar-refractivity contribution < 1.29 is 111 Å². The van der Waals surface area contributed by atoms with E-state index in [2.05, 4.69) is 20.3 Å². The van der Waals surface area contributed by atoms with Crippen molar-refractivity contribution in [3.05, 3.63) is 47.5 Å². The van der Waals surface area contributed by atoms with Gasteiger partial charge in [-0.3, -0.25) is 14.5 Å². The maximum absolute atomic E-state index is 14.0. The van der Waals surface area contributed by atoms with Crippen LogP contribution in [0, 0.1) is 0 Å². The van der Waals surface area contributed by atoms with Gasteiger partial charge in [0.1, 0.15) is 54.7 Å². The number of carbonyl (C=O) groups excluding carboxylic acids is 3. The fraction of sp³-hybridized carbons (Fsp3) is 0.575. The van der Waals surface area contributed by atoms with Gasteiger partial charge in [0, 0.05) is 50.0 Å². The highest BCUT2D eigenvalue weighted by Crippen LogP contribution is 2.24. The molecule has 31 heteroatoms. The van der Waals surface area contributed by atoms with Crippen LogP contribution in [0.2, 0.25) is 0 Å². The van der Waals surface area contributed by atoms with Gasteiger partial charge in [0.15, 0.2) is 28.2 Å². The molecule has 1 aliphatic heterocycles. The van der Waals surface area contributed by atoms with Gasteiger partial charge in [-0.25, -0.2) is 23.9 Å². The van der Waals surface area contributed by atoms with E-state index in [0.29, 0.717) is 36.2 Å². The van der Waals surface area contributed by atoms with Gasteiger partial charge in [-0.05, 0) is 38.5 Å². The number of alkyl halides is 6. The number of likely N-dealkylation sites (tertiary alicyclic amines) is 1. The van der Waals surface area contributed by atoms with Gasteiger partial charge >= 0.3 is 18.3 Å². The minimum atomic E-state index is -5.19. The van der Waals surface area contributed by atoms with E-state index < -0.39 is 111 Å². The second kappa shape index (κ2) is 25.5. The molecule has 0 spiro atoms. The largest absolute Gasteiger partial charge is 0.542 e. The van der Waals surface area contributed by atoms with Crippen LogP contribution in [0.1, 0.15) is 46.9 Å². The summed E-state index contributed by atoms with van der Waals surface area (Å²) >= 11 is 0. The fourth-order valence-electron chi connectivity index (χ4n) is 7.32. The molecule has 15 N–H and O–H groups in total. The molecule has 71 heavy (non-hydrogen) atoms. The number of fused-ring (bicyclic) bond motifs is 2. The quantitative estimate of drug-likeness (QED) is 0.0309. The molecule has 2 amide bonds. The summed E-state index contributed by atoms with van der Waals surface area (Å²) in [5.41, 5.74) is 8.89. The summed E-state index contributed by atoms with van der Waals surface area (Å²) in [6, 6.07) is 6.36. The molecule has 3 aromatic heterocycles. The number of rotatable bonds is 19. The van der Waals surface area contributed by atoms with E-state index in [-0.39, 0.29) is 37.1 Å². The Hall–Kier alpha value is -5.87. The Kier molecular flexibility index (Phi) is 21.3. The molecule has 1 saturated heterocycles. The average molecular weight is 1030 g/mol. The average Bonchev–Trinajstić information content (AvgIpc) is 4.08. The summed E-state index contributed by atoms with van der Waals surface area (Å²) in [7, 11) is 0. The smallest absolute Gasteiger partial charge is 0.490 e. The third kappa shape index (κ3) is 15.3. The lowest BCUT2D eigenvalue weighted by atomic mass is 10.00. The van der Waals surface area contributed by atoms with E-state index in [9.17, 15) is 87.0 Å². The predicted octanol–water partition coefficient (Wildman–Crippen LogP) is -4.93. The van der Waals surface area contributed by atoms with Crippen molar-refractivity contribution in [2.24, 2.45) is 0 Å². The zero-order chi connectivity index (χ0) is 53.9. The first-order valence-electron chi connectivity index (χ1n) is 21.3. The molecular formula is C40H55F6N9O16. The number of nitrogens with zero attached hydrogens (tertiary/aromatic N) is 6. The van der Waals surface area contributed by atoms with Crippen LogP contribution < -0.4 is 20.7 Å². The van der Waals surface area contributed by atoms with Gasteiger partial charge in [0.25, 0.3) is 17.6 Å². The Morgan fingerprint density at radius 2 is 1.39 bits per heavy atom. The first-order valence-corrected chi connectivity index (χ1v) is 21.3. The third-order valence-electron chi connectivity index (χ3n) is 11.0. The lowest BCUT2D eigenvalue weighted by molar-refractivity contribution is -0.676. The number of aromatic amines is 1. The molecule has 5 rings (SSSR count). The summed E-state index contributed by atoms with van der Waals surface area (Å²) in [6.45, 7) is 2.67. The fourth-order valence-corrected chi connectivity index (χ4v) is 7.32. The number of anilines is 1. The van der Waals surface area contributed by atoms with E-state index in [1.54, 1.807) is 29.3 Å². The van der Waals surface area contributed by atoms with Gasteiger partial charge in [-0.2, -0.15) is 26.3 Å².